The van der Waals surface area contributed by atoms with E-state index in [1.807, 2.05) is 22.9 Å². The second kappa shape index (κ2) is 6.15. The van der Waals surface area contributed by atoms with Gasteiger partial charge in [0.05, 0.1) is 5.52 Å². The lowest BCUT2D eigenvalue weighted by molar-refractivity contribution is 0.367. The zero-order valence-electron chi connectivity index (χ0n) is 11.4. The predicted molar refractivity (Wildman–Crippen MR) is 77.0 cm³/mol. The summed E-state index contributed by atoms with van der Waals surface area (Å²) in [5.41, 5.74) is 2.13. The van der Waals surface area contributed by atoms with Gasteiger partial charge in [0.15, 0.2) is 0 Å². The van der Waals surface area contributed by atoms with Gasteiger partial charge in [0.25, 0.3) is 0 Å². The molecule has 3 rings (SSSR count). The topological polar surface area (TPSA) is 42.7 Å². The summed E-state index contributed by atoms with van der Waals surface area (Å²) in [5, 5.41) is 12.1. The lowest BCUT2D eigenvalue weighted by Crippen LogP contribution is -2.32. The van der Waals surface area contributed by atoms with Gasteiger partial charge in [0.2, 0.25) is 0 Å². The molecular formula is C15H22N4. The van der Waals surface area contributed by atoms with Crippen LogP contribution in [0.2, 0.25) is 0 Å². The quantitative estimate of drug-likeness (QED) is 0.839. The smallest absolute Gasteiger partial charge is 0.113 e. The molecule has 0 bridgehead atoms. The molecule has 1 aliphatic rings. The van der Waals surface area contributed by atoms with Gasteiger partial charge in [-0.15, -0.1) is 5.10 Å². The second-order valence-corrected chi connectivity index (χ2v) is 5.44. The largest absolute Gasteiger partial charge is 0.314 e. The average molecular weight is 258 g/mol. The van der Waals surface area contributed by atoms with Crippen molar-refractivity contribution in [2.24, 2.45) is 0 Å². The Balaban J connectivity index is 1.47. The Kier molecular flexibility index (Phi) is 4.08. The molecule has 1 aromatic carbocycles. The van der Waals surface area contributed by atoms with Crippen LogP contribution in [0, 0.1) is 0 Å². The maximum atomic E-state index is 4.22. The molecule has 0 radical (unpaired) electrons. The first kappa shape index (κ1) is 12.6. The first-order valence-electron chi connectivity index (χ1n) is 7.45. The first-order chi connectivity index (χ1) is 9.43. The molecule has 1 heterocycles. The Morgan fingerprint density at radius 1 is 1.16 bits per heavy atom. The SMILES string of the molecule is c1ccc2c(c1)nnn2CCCNC1CCCCC1. The van der Waals surface area contributed by atoms with Gasteiger partial charge in [-0.3, -0.25) is 0 Å². The number of nitrogens with one attached hydrogen (secondary N) is 1. The number of rotatable bonds is 5. The Hall–Kier alpha value is -1.42. The first-order valence-corrected chi connectivity index (χ1v) is 7.45. The van der Waals surface area contributed by atoms with Gasteiger partial charge in [-0.2, -0.15) is 0 Å². The van der Waals surface area contributed by atoms with Gasteiger partial charge in [-0.25, -0.2) is 4.68 Å². The van der Waals surface area contributed by atoms with Gasteiger partial charge < -0.3 is 5.32 Å². The molecular weight excluding hydrogens is 236 g/mol. The van der Waals surface area contributed by atoms with Crippen LogP contribution in [0.3, 0.4) is 0 Å². The molecule has 4 nitrogen and oxygen atoms in total. The van der Waals surface area contributed by atoms with Crippen LogP contribution < -0.4 is 5.32 Å². The summed E-state index contributed by atoms with van der Waals surface area (Å²) in [5.74, 6) is 0. The molecule has 19 heavy (non-hydrogen) atoms. The van der Waals surface area contributed by atoms with Crippen LogP contribution in [0.1, 0.15) is 38.5 Å². The summed E-state index contributed by atoms with van der Waals surface area (Å²) in [7, 11) is 0. The van der Waals surface area contributed by atoms with Gasteiger partial charge in [-0.1, -0.05) is 36.6 Å². The van der Waals surface area contributed by atoms with E-state index in [0.717, 1.165) is 36.6 Å². The van der Waals surface area contributed by atoms with E-state index in [9.17, 15) is 0 Å². The van der Waals surface area contributed by atoms with Gasteiger partial charge in [-0.05, 0) is 37.9 Å². The van der Waals surface area contributed by atoms with E-state index in [2.05, 4.69) is 21.7 Å². The molecule has 0 unspecified atom stereocenters. The molecule has 4 heteroatoms. The number of benzene rings is 1. The minimum absolute atomic E-state index is 0.751. The summed E-state index contributed by atoms with van der Waals surface area (Å²) in [6.07, 6.45) is 8.03. The van der Waals surface area contributed by atoms with E-state index < -0.39 is 0 Å². The predicted octanol–water partition coefficient (Wildman–Crippen LogP) is 2.74. The average Bonchev–Trinajstić information content (AvgIpc) is 2.88. The minimum atomic E-state index is 0.751. The van der Waals surface area contributed by atoms with Crippen LogP contribution in [0.4, 0.5) is 0 Å². The molecule has 1 aromatic heterocycles. The van der Waals surface area contributed by atoms with Crippen molar-refractivity contribution in [3.63, 3.8) is 0 Å². The number of hydrogen-bond acceptors (Lipinski definition) is 3. The summed E-state index contributed by atoms with van der Waals surface area (Å²) >= 11 is 0. The highest BCUT2D eigenvalue weighted by Gasteiger charge is 2.11. The van der Waals surface area contributed by atoms with E-state index in [1.165, 1.54) is 32.1 Å². The summed E-state index contributed by atoms with van der Waals surface area (Å²) in [4.78, 5) is 0. The lowest BCUT2D eigenvalue weighted by Gasteiger charge is -2.22. The molecule has 0 aliphatic heterocycles. The highest BCUT2D eigenvalue weighted by molar-refractivity contribution is 5.73. The number of aromatic nitrogens is 3. The van der Waals surface area contributed by atoms with Gasteiger partial charge >= 0.3 is 0 Å². The molecule has 1 saturated carbocycles. The number of nitrogens with zero attached hydrogens (tertiary/aromatic N) is 3. The van der Waals surface area contributed by atoms with Crippen molar-refractivity contribution in [1.82, 2.24) is 20.3 Å². The fourth-order valence-electron chi connectivity index (χ4n) is 2.92. The number of hydrogen-bond donors (Lipinski definition) is 1. The third kappa shape index (κ3) is 3.13. The number of para-hydroxylation sites is 1. The van der Waals surface area contributed by atoms with E-state index in [0.29, 0.717) is 0 Å². The minimum Gasteiger partial charge on any atom is -0.314 e. The summed E-state index contributed by atoms with van der Waals surface area (Å²) < 4.78 is 2.01. The van der Waals surface area contributed by atoms with Crippen LogP contribution in [0.15, 0.2) is 24.3 Å². The normalized spacial score (nSPS) is 17.1. The Labute approximate surface area is 114 Å². The Bertz CT molecular complexity index is 514. The van der Waals surface area contributed by atoms with Crippen molar-refractivity contribution < 1.29 is 0 Å². The molecule has 1 N–H and O–H groups in total. The highest BCUT2D eigenvalue weighted by atomic mass is 15.4. The molecule has 0 atom stereocenters. The van der Waals surface area contributed by atoms with Crippen molar-refractivity contribution in [2.75, 3.05) is 6.54 Å². The van der Waals surface area contributed by atoms with Crippen molar-refractivity contribution >= 4 is 11.0 Å². The van der Waals surface area contributed by atoms with Crippen molar-refractivity contribution in [3.05, 3.63) is 24.3 Å². The van der Waals surface area contributed by atoms with Crippen molar-refractivity contribution in [1.29, 1.82) is 0 Å². The van der Waals surface area contributed by atoms with E-state index in [4.69, 9.17) is 0 Å². The monoisotopic (exact) mass is 258 g/mol. The zero-order valence-corrected chi connectivity index (χ0v) is 11.4. The standard InChI is InChI=1S/C15H22N4/c1-2-7-13(8-3-1)16-11-6-12-19-15-10-5-4-9-14(15)17-18-19/h4-5,9-10,13,16H,1-3,6-8,11-12H2. The molecule has 0 amide bonds. The number of fused-ring (bicyclic) bond motifs is 1. The van der Waals surface area contributed by atoms with Gasteiger partial charge in [0.1, 0.15) is 5.52 Å². The second-order valence-electron chi connectivity index (χ2n) is 5.44. The Morgan fingerprint density at radius 2 is 2.00 bits per heavy atom. The molecule has 1 aliphatic carbocycles. The van der Waals surface area contributed by atoms with Gasteiger partial charge in [0, 0.05) is 12.6 Å². The van der Waals surface area contributed by atoms with Crippen molar-refractivity contribution in [3.8, 4) is 0 Å². The van der Waals surface area contributed by atoms with Crippen LogP contribution >= 0.6 is 0 Å². The van der Waals surface area contributed by atoms with E-state index in [1.54, 1.807) is 0 Å². The molecule has 2 aromatic rings. The fourth-order valence-corrected chi connectivity index (χ4v) is 2.92. The van der Waals surface area contributed by atoms with Crippen LogP contribution in [0.5, 0.6) is 0 Å². The highest BCUT2D eigenvalue weighted by Crippen LogP contribution is 2.17. The Morgan fingerprint density at radius 3 is 2.89 bits per heavy atom. The molecule has 1 fully saturated rings. The summed E-state index contributed by atoms with van der Waals surface area (Å²) in [6, 6.07) is 8.90. The van der Waals surface area contributed by atoms with Crippen LogP contribution in [-0.2, 0) is 6.54 Å². The molecule has 0 saturated heterocycles. The van der Waals surface area contributed by atoms with E-state index in [-0.39, 0.29) is 0 Å². The van der Waals surface area contributed by atoms with E-state index >= 15 is 0 Å². The number of aryl methyl sites for hydroxylation is 1. The fraction of sp³-hybridized carbons (Fsp3) is 0.600. The van der Waals surface area contributed by atoms with Crippen LogP contribution in [0.25, 0.3) is 11.0 Å². The maximum Gasteiger partial charge on any atom is 0.113 e. The molecule has 0 spiro atoms. The zero-order chi connectivity index (χ0) is 12.9. The summed E-state index contributed by atoms with van der Waals surface area (Å²) in [6.45, 7) is 2.03. The van der Waals surface area contributed by atoms with Crippen molar-refractivity contribution in [2.45, 2.75) is 51.1 Å². The maximum absolute atomic E-state index is 4.22. The third-order valence-electron chi connectivity index (χ3n) is 4.01. The third-order valence-corrected chi connectivity index (χ3v) is 4.01. The lowest BCUT2D eigenvalue weighted by atomic mass is 9.95. The van der Waals surface area contributed by atoms with Crippen LogP contribution in [-0.4, -0.2) is 27.6 Å². The molecule has 102 valence electrons.